The normalized spacial score (nSPS) is 26.1. The fourth-order valence-corrected chi connectivity index (χ4v) is 21.8. The van der Waals surface area contributed by atoms with E-state index in [-0.39, 0.29) is 78.3 Å². The molecule has 41 heteroatoms. The molecule has 0 bridgehead atoms. The molecule has 7 fully saturated rings. The zero-order valence-corrected chi connectivity index (χ0v) is 75.2. The van der Waals surface area contributed by atoms with Crippen molar-refractivity contribution in [1.29, 1.82) is 0 Å². The van der Waals surface area contributed by atoms with Crippen LogP contribution in [0.15, 0.2) is 107 Å². The summed E-state index contributed by atoms with van der Waals surface area (Å²) in [5, 5.41) is 79.4. The lowest BCUT2D eigenvalue weighted by molar-refractivity contribution is -0.162. The maximum atomic E-state index is 12.9. The van der Waals surface area contributed by atoms with Gasteiger partial charge in [-0.1, -0.05) is 72.1 Å². The minimum atomic E-state index is -4.34. The summed E-state index contributed by atoms with van der Waals surface area (Å²) < 4.78 is 117. The van der Waals surface area contributed by atoms with Gasteiger partial charge in [0.25, 0.3) is 0 Å². The van der Waals surface area contributed by atoms with Crippen molar-refractivity contribution < 1.29 is 90.9 Å². The summed E-state index contributed by atoms with van der Waals surface area (Å²) in [7, 11) is 0. The zero-order chi connectivity index (χ0) is 88.7. The van der Waals surface area contributed by atoms with Gasteiger partial charge in [-0.3, -0.25) is 0 Å². The van der Waals surface area contributed by atoms with Gasteiger partial charge in [0.05, 0.1) is 147 Å². The molecule has 12 N–H and O–H groups in total. The third kappa shape index (κ3) is 20.3. The molecule has 4 aliphatic carbocycles. The second-order valence-electron chi connectivity index (χ2n) is 33.0. The average molecular weight is 1860 g/mol. The van der Waals surface area contributed by atoms with Gasteiger partial charge in [0, 0.05) is 12.8 Å². The Balaban J connectivity index is 0.000000129. The van der Waals surface area contributed by atoms with E-state index in [9.17, 15) is 57.0 Å². The number of nitrogens with one attached hydrogen (secondary N) is 4. The van der Waals surface area contributed by atoms with Gasteiger partial charge in [0.1, 0.15) is 104 Å². The Hall–Kier alpha value is -8.28. The van der Waals surface area contributed by atoms with Crippen LogP contribution in [0.5, 0.6) is 0 Å². The van der Waals surface area contributed by atoms with Crippen LogP contribution in [-0.4, -0.2) is 236 Å². The number of thioether (sulfide) groups is 2. The Morgan fingerprint density at radius 1 is 0.357 bits per heavy atom. The summed E-state index contributed by atoms with van der Waals surface area (Å²) in [5.74, 6) is -0.113. The number of nitrogens with zero attached hydrogens (tertiary/aromatic N) is 12. The van der Waals surface area contributed by atoms with Crippen molar-refractivity contribution in [1.82, 2.24) is 59.8 Å². The first-order valence-electron chi connectivity index (χ1n) is 40.7. The van der Waals surface area contributed by atoms with Gasteiger partial charge in [-0.25, -0.2) is 59.8 Å². The SMILES string of the molecule is CSc1nc(C)c(-c2nc3ccccc3s2)c(N[C@@H]2C[C@H](O)[C@H]3OC(C)(C)O[C@H]32)n1.CSc1nc(C)c(-c2nc3ccccc3s2)c(N[C@@H]2C[C@H](O)[C@H]3OC(C)(C)O[C@H]32)n1.Cc1nc(CCC(F)(F)F)nc(N[C@@H]2C[C@H](O)[C@@H](O)[C@H]2O)c1-c1nc2ccccc2s1.Cc1nc(CCC(F)(F)F)nc(N[C@@H]2C[C@H](O)[C@H]3OC(C)(C)O[C@H]32)c1-c1nc2ccccc2s1.O. The van der Waals surface area contributed by atoms with Crippen molar-refractivity contribution in [3.63, 3.8) is 0 Å². The number of thiazole rings is 4. The molecule has 11 heterocycles. The number of aromatic nitrogens is 12. The quantitative estimate of drug-likeness (QED) is 0.0217. The fraction of sp³-hybridized carbons (Fsp3) is 0.482. The largest absolute Gasteiger partial charge is 0.412 e. The standard InChI is InChI=1S/C23H25F3N4O3S.2C21H24N4O3S2.C20H21F3N4O3S.H2O/c1-11-17(21-29-12-6-4-5-7-15(12)34-21)20(30-16(27-11)8-9-23(24,25)26)28-13-10-14(31)19-18(13)32-22(2,3)33-19;2*1-10-15(19-24-11-7-5-6-8-14(11)30-19)18(25-20(22-10)29-4)23-12-9-13(26)17-16(12)27-21(2,3)28-17;1-9-15(19-26-10-4-2-3-5-13(10)31-19)18(25-11-8-12(28)17(30)16(11)29)27-14(24-9)6-7-20(21,22)23;/h4-7,13-14,18-19,31H,8-10H2,1-3H3,(H,27,28,30);2*5-8,12-13,16-17,26H,9H2,1-4H3,(H,22,23,25);2-5,11-12,16-17,28-30H,6-8H2,1H3,(H,24,25,27);1H2/t13-,14+,18+,19-;2*12-,13+,16+,17-;11-,12+,16+,17-;/m1111./s1. The zero-order valence-electron chi connectivity index (χ0n) is 70.3. The number of fused-ring (bicyclic) bond motifs is 7. The topological polar surface area (TPSA) is 411 Å². The first-order chi connectivity index (χ1) is 59.3. The van der Waals surface area contributed by atoms with E-state index in [1.165, 1.54) is 46.2 Å². The molecule has 4 saturated carbocycles. The van der Waals surface area contributed by atoms with Crippen LogP contribution in [0.1, 0.15) is 114 Å². The molecular formula is C85H96F6N16O13S6. The van der Waals surface area contributed by atoms with E-state index in [1.807, 2.05) is 139 Å². The van der Waals surface area contributed by atoms with Gasteiger partial charge in [0.15, 0.2) is 27.7 Å². The Morgan fingerprint density at radius 2 is 0.619 bits per heavy atom. The van der Waals surface area contributed by atoms with E-state index in [0.29, 0.717) is 67.9 Å². The van der Waals surface area contributed by atoms with E-state index in [2.05, 4.69) is 68.3 Å². The first kappa shape index (κ1) is 92.4. The maximum absolute atomic E-state index is 12.9. The van der Waals surface area contributed by atoms with Crippen LogP contribution in [0.3, 0.4) is 0 Å². The summed E-state index contributed by atoms with van der Waals surface area (Å²) >= 11 is 9.10. The van der Waals surface area contributed by atoms with E-state index in [0.717, 1.165) is 85.0 Å². The number of hydrogen-bond acceptors (Lipinski definition) is 34. The molecule has 0 radical (unpaired) electrons. The molecular weight excluding hydrogens is 1760 g/mol. The first-order valence-corrected chi connectivity index (χ1v) is 46.4. The number of halogens is 6. The summed E-state index contributed by atoms with van der Waals surface area (Å²) in [5.41, 5.74) is 9.16. The highest BCUT2D eigenvalue weighted by atomic mass is 32.2. The number of anilines is 4. The minimum absolute atomic E-state index is 0. The molecule has 7 aliphatic rings. The van der Waals surface area contributed by atoms with Gasteiger partial charge in [-0.05, 0) is 156 Å². The molecule has 4 aromatic carbocycles. The van der Waals surface area contributed by atoms with Crippen LogP contribution in [0.25, 0.3) is 83.2 Å². The molecule has 0 spiro atoms. The van der Waals surface area contributed by atoms with Crippen molar-refractivity contribution in [2.75, 3.05) is 33.8 Å². The predicted molar refractivity (Wildman–Crippen MR) is 473 cm³/mol. The van der Waals surface area contributed by atoms with Gasteiger partial charge in [0.2, 0.25) is 0 Å². The number of alkyl halides is 6. The van der Waals surface area contributed by atoms with E-state index in [1.54, 1.807) is 50.4 Å². The summed E-state index contributed by atoms with van der Waals surface area (Å²) in [4.78, 5) is 55.2. The number of aryl methyl sites for hydroxylation is 6. The Labute approximate surface area is 744 Å². The molecule has 29 nitrogen and oxygen atoms in total. The summed E-state index contributed by atoms with van der Waals surface area (Å²) in [6, 6.07) is 30.0. The Bertz CT molecular complexity index is 5630. The molecule has 16 atom stereocenters. The minimum Gasteiger partial charge on any atom is -0.412 e. The van der Waals surface area contributed by atoms with E-state index < -0.39 is 104 Å². The van der Waals surface area contributed by atoms with Crippen molar-refractivity contribution >= 4 is 133 Å². The van der Waals surface area contributed by atoms with Crippen molar-refractivity contribution in [2.24, 2.45) is 0 Å². The summed E-state index contributed by atoms with van der Waals surface area (Å²) in [6.45, 7) is 18.5. The highest BCUT2D eigenvalue weighted by Gasteiger charge is 2.57. The van der Waals surface area contributed by atoms with Crippen molar-refractivity contribution in [3.8, 4) is 42.3 Å². The van der Waals surface area contributed by atoms with E-state index in [4.69, 9.17) is 53.3 Å². The Kier molecular flexibility index (Phi) is 27.1. The smallest absolute Gasteiger partial charge is 0.389 e. The lowest BCUT2D eigenvalue weighted by Gasteiger charge is -2.24. The molecule has 8 aromatic heterocycles. The van der Waals surface area contributed by atoms with Gasteiger partial charge in [-0.15, -0.1) is 45.3 Å². The van der Waals surface area contributed by atoms with Gasteiger partial charge in [-0.2, -0.15) is 26.3 Å². The van der Waals surface area contributed by atoms with Crippen LogP contribution in [-0.2, 0) is 41.3 Å². The summed E-state index contributed by atoms with van der Waals surface area (Å²) in [6.07, 6.45) is -13.7. The lowest BCUT2D eigenvalue weighted by atomic mass is 10.1. The number of benzene rings is 4. The molecule has 672 valence electrons. The number of ether oxygens (including phenoxy) is 6. The third-order valence-corrected chi connectivity index (χ3v) is 27.6. The van der Waals surface area contributed by atoms with Crippen molar-refractivity contribution in [2.45, 2.75) is 258 Å². The van der Waals surface area contributed by atoms with Crippen LogP contribution < -0.4 is 21.3 Å². The molecule has 0 amide bonds. The number of para-hydroxylation sites is 4. The second-order valence-corrected chi connectivity index (χ2v) is 38.7. The monoisotopic (exact) mass is 1850 g/mol. The number of hydrogen-bond donors (Lipinski definition) is 10. The highest BCUT2D eigenvalue weighted by Crippen LogP contribution is 2.48. The molecule has 3 aliphatic heterocycles. The number of aliphatic hydroxyl groups is 6. The fourth-order valence-electron chi connectivity index (χ4n) is 16.8. The van der Waals surface area contributed by atoms with Crippen molar-refractivity contribution in [3.05, 3.63) is 131 Å². The van der Waals surface area contributed by atoms with Crippen LogP contribution in [0.4, 0.5) is 49.6 Å². The van der Waals surface area contributed by atoms with Gasteiger partial charge < -0.3 is 85.8 Å². The molecule has 19 rings (SSSR count). The highest BCUT2D eigenvalue weighted by molar-refractivity contribution is 7.98. The lowest BCUT2D eigenvalue weighted by Crippen LogP contribution is -2.36. The van der Waals surface area contributed by atoms with Crippen LogP contribution >= 0.6 is 68.9 Å². The molecule has 12 aromatic rings. The van der Waals surface area contributed by atoms with Crippen LogP contribution in [0, 0.1) is 27.7 Å². The molecule has 126 heavy (non-hydrogen) atoms. The van der Waals surface area contributed by atoms with E-state index >= 15 is 0 Å². The molecule has 0 unspecified atom stereocenters. The number of rotatable bonds is 18. The van der Waals surface area contributed by atoms with Gasteiger partial charge >= 0.3 is 12.4 Å². The maximum Gasteiger partial charge on any atom is 0.389 e. The average Bonchev–Trinajstić information content (AvgIpc) is 1.60. The second kappa shape index (κ2) is 36.9. The van der Waals surface area contributed by atoms with Crippen LogP contribution in [0.2, 0.25) is 0 Å². The predicted octanol–water partition coefficient (Wildman–Crippen LogP) is 14.3. The Morgan fingerprint density at radius 3 is 0.889 bits per heavy atom. The molecule has 3 saturated heterocycles. The number of aliphatic hydroxyl groups excluding tert-OH is 6. The third-order valence-electron chi connectivity index (χ3n) is 22.3.